The fourth-order valence-corrected chi connectivity index (χ4v) is 2.44. The fraction of sp³-hybridized carbons (Fsp3) is 0.533. The second-order valence-electron chi connectivity index (χ2n) is 5.40. The summed E-state index contributed by atoms with van der Waals surface area (Å²) in [5.41, 5.74) is 7.25. The number of nitrogens with one attached hydrogen (secondary N) is 2. The summed E-state index contributed by atoms with van der Waals surface area (Å²) in [7, 11) is 3.36. The Bertz CT molecular complexity index is 479. The van der Waals surface area contributed by atoms with Gasteiger partial charge in [-0.2, -0.15) is 0 Å². The maximum Gasteiger partial charge on any atom is 0.244 e. The van der Waals surface area contributed by atoms with Crippen LogP contribution in [0, 0.1) is 0 Å². The molecule has 1 aromatic rings. The van der Waals surface area contributed by atoms with E-state index in [-0.39, 0.29) is 5.91 Å². The number of hydrogen-bond donors (Lipinski definition) is 2. The van der Waals surface area contributed by atoms with Gasteiger partial charge < -0.3 is 4.74 Å². The SMILES string of the molecule is CNNC(=O)C1(c2cc(C(C)C)ccc2OC)CC1. The molecule has 1 saturated carbocycles. The molecule has 0 aromatic heterocycles. The highest BCUT2D eigenvalue weighted by molar-refractivity contribution is 5.91. The molecule has 2 N–H and O–H groups in total. The Hall–Kier alpha value is -1.55. The summed E-state index contributed by atoms with van der Waals surface area (Å²) in [6.45, 7) is 4.30. The van der Waals surface area contributed by atoms with Gasteiger partial charge in [0.1, 0.15) is 5.75 Å². The van der Waals surface area contributed by atoms with Crippen LogP contribution >= 0.6 is 0 Å². The number of carbonyl (C=O) groups excluding carboxylic acids is 1. The van der Waals surface area contributed by atoms with E-state index in [0.717, 1.165) is 24.2 Å². The predicted octanol–water partition coefficient (Wildman–Crippen LogP) is 2.10. The Kier molecular flexibility index (Phi) is 3.80. The van der Waals surface area contributed by atoms with Gasteiger partial charge in [0.25, 0.3) is 0 Å². The zero-order valence-electron chi connectivity index (χ0n) is 12.0. The number of benzene rings is 1. The molecule has 0 saturated heterocycles. The average molecular weight is 262 g/mol. The largest absolute Gasteiger partial charge is 0.496 e. The summed E-state index contributed by atoms with van der Waals surface area (Å²) in [4.78, 5) is 12.2. The van der Waals surface area contributed by atoms with Crippen LogP contribution in [0.5, 0.6) is 5.75 Å². The molecule has 0 radical (unpaired) electrons. The molecule has 0 heterocycles. The van der Waals surface area contributed by atoms with Crippen molar-refractivity contribution in [2.45, 2.75) is 38.0 Å². The number of hydrazine groups is 1. The molecule has 0 unspecified atom stereocenters. The highest BCUT2D eigenvalue weighted by atomic mass is 16.5. The number of amides is 1. The van der Waals surface area contributed by atoms with Crippen molar-refractivity contribution in [2.75, 3.05) is 14.2 Å². The van der Waals surface area contributed by atoms with Crippen LogP contribution in [0.25, 0.3) is 0 Å². The molecule has 0 aliphatic heterocycles. The van der Waals surface area contributed by atoms with Crippen molar-refractivity contribution in [3.05, 3.63) is 29.3 Å². The van der Waals surface area contributed by atoms with Crippen molar-refractivity contribution in [1.82, 2.24) is 10.9 Å². The number of rotatable bonds is 5. The molecule has 2 rings (SSSR count). The van der Waals surface area contributed by atoms with Gasteiger partial charge in [-0.25, -0.2) is 5.43 Å². The van der Waals surface area contributed by atoms with Gasteiger partial charge in [-0.1, -0.05) is 26.0 Å². The van der Waals surface area contributed by atoms with Crippen LogP contribution in [0.3, 0.4) is 0 Å². The lowest BCUT2D eigenvalue weighted by molar-refractivity contribution is -0.124. The Morgan fingerprint density at radius 1 is 1.37 bits per heavy atom. The molecule has 1 aliphatic carbocycles. The van der Waals surface area contributed by atoms with E-state index in [1.807, 2.05) is 6.07 Å². The van der Waals surface area contributed by atoms with Crippen LogP contribution in [-0.2, 0) is 10.2 Å². The van der Waals surface area contributed by atoms with E-state index >= 15 is 0 Å². The second-order valence-corrected chi connectivity index (χ2v) is 5.40. The maximum atomic E-state index is 12.2. The first-order valence-corrected chi connectivity index (χ1v) is 6.71. The van der Waals surface area contributed by atoms with Gasteiger partial charge >= 0.3 is 0 Å². The smallest absolute Gasteiger partial charge is 0.244 e. The van der Waals surface area contributed by atoms with E-state index in [1.54, 1.807) is 14.2 Å². The molecule has 19 heavy (non-hydrogen) atoms. The third-order valence-corrected chi connectivity index (χ3v) is 3.83. The molecule has 1 fully saturated rings. The van der Waals surface area contributed by atoms with E-state index in [4.69, 9.17) is 4.74 Å². The van der Waals surface area contributed by atoms with Crippen molar-refractivity contribution in [3.63, 3.8) is 0 Å². The molecule has 4 nitrogen and oxygen atoms in total. The molecule has 4 heteroatoms. The van der Waals surface area contributed by atoms with E-state index < -0.39 is 5.41 Å². The van der Waals surface area contributed by atoms with Gasteiger partial charge in [0.2, 0.25) is 5.91 Å². The van der Waals surface area contributed by atoms with Crippen LogP contribution in [0.4, 0.5) is 0 Å². The number of carbonyl (C=O) groups is 1. The maximum absolute atomic E-state index is 12.2. The van der Waals surface area contributed by atoms with Gasteiger partial charge in [0.15, 0.2) is 0 Å². The summed E-state index contributed by atoms with van der Waals surface area (Å²) in [5, 5.41) is 0. The van der Waals surface area contributed by atoms with Crippen LogP contribution < -0.4 is 15.6 Å². The molecule has 0 atom stereocenters. The molecular weight excluding hydrogens is 240 g/mol. The number of ether oxygens (including phenoxy) is 1. The lowest BCUT2D eigenvalue weighted by Crippen LogP contribution is -2.41. The molecule has 104 valence electrons. The molecule has 0 bridgehead atoms. The summed E-state index contributed by atoms with van der Waals surface area (Å²) in [5.74, 6) is 1.26. The molecule has 1 amide bonds. The van der Waals surface area contributed by atoms with Crippen LogP contribution in [0.15, 0.2) is 18.2 Å². The van der Waals surface area contributed by atoms with Crippen LogP contribution in [0.1, 0.15) is 43.7 Å². The van der Waals surface area contributed by atoms with Crippen molar-refractivity contribution in [2.24, 2.45) is 0 Å². The lowest BCUT2D eigenvalue weighted by Gasteiger charge is -2.20. The second kappa shape index (κ2) is 5.21. The van der Waals surface area contributed by atoms with Crippen molar-refractivity contribution < 1.29 is 9.53 Å². The highest BCUT2D eigenvalue weighted by Gasteiger charge is 2.53. The summed E-state index contributed by atoms with van der Waals surface area (Å²) < 4.78 is 5.43. The van der Waals surface area contributed by atoms with Gasteiger partial charge in [0.05, 0.1) is 12.5 Å². The Morgan fingerprint density at radius 3 is 2.53 bits per heavy atom. The van der Waals surface area contributed by atoms with Gasteiger partial charge in [-0.05, 0) is 30.4 Å². The molecule has 1 aliphatic rings. The van der Waals surface area contributed by atoms with Gasteiger partial charge in [-0.3, -0.25) is 10.2 Å². The summed E-state index contributed by atoms with van der Waals surface area (Å²) >= 11 is 0. The average Bonchev–Trinajstić information content (AvgIpc) is 3.19. The fourth-order valence-electron chi connectivity index (χ4n) is 2.44. The summed E-state index contributed by atoms with van der Waals surface area (Å²) in [6, 6.07) is 6.15. The molecule has 1 aromatic carbocycles. The first-order chi connectivity index (χ1) is 9.05. The first-order valence-electron chi connectivity index (χ1n) is 6.71. The minimum absolute atomic E-state index is 0.0224. The topological polar surface area (TPSA) is 50.4 Å². The van der Waals surface area contributed by atoms with E-state index in [1.165, 1.54) is 5.56 Å². The Morgan fingerprint density at radius 2 is 2.05 bits per heavy atom. The number of methoxy groups -OCH3 is 1. The van der Waals surface area contributed by atoms with Crippen LogP contribution in [-0.4, -0.2) is 20.1 Å². The third-order valence-electron chi connectivity index (χ3n) is 3.83. The normalized spacial score (nSPS) is 16.3. The Labute approximate surface area is 114 Å². The van der Waals surface area contributed by atoms with Crippen molar-refractivity contribution in [3.8, 4) is 5.75 Å². The van der Waals surface area contributed by atoms with Gasteiger partial charge in [0, 0.05) is 12.6 Å². The van der Waals surface area contributed by atoms with Crippen LogP contribution in [0.2, 0.25) is 0 Å². The molecular formula is C15H22N2O2. The summed E-state index contributed by atoms with van der Waals surface area (Å²) in [6.07, 6.45) is 1.75. The number of hydrogen-bond acceptors (Lipinski definition) is 3. The standard InChI is InChI=1S/C15H22N2O2/c1-10(2)11-5-6-13(19-4)12(9-11)15(7-8-15)14(18)17-16-3/h5-6,9-10,16H,7-8H2,1-4H3,(H,17,18). The van der Waals surface area contributed by atoms with E-state index in [0.29, 0.717) is 5.92 Å². The zero-order chi connectivity index (χ0) is 14.0. The third kappa shape index (κ3) is 2.45. The Balaban J connectivity index is 2.42. The predicted molar refractivity (Wildman–Crippen MR) is 75.2 cm³/mol. The van der Waals surface area contributed by atoms with Crippen molar-refractivity contribution >= 4 is 5.91 Å². The quantitative estimate of drug-likeness (QED) is 0.799. The minimum atomic E-state index is -0.417. The van der Waals surface area contributed by atoms with E-state index in [2.05, 4.69) is 36.8 Å². The first kappa shape index (κ1) is 13.9. The minimum Gasteiger partial charge on any atom is -0.496 e. The van der Waals surface area contributed by atoms with E-state index in [9.17, 15) is 4.79 Å². The van der Waals surface area contributed by atoms with Crippen molar-refractivity contribution in [1.29, 1.82) is 0 Å². The zero-order valence-corrected chi connectivity index (χ0v) is 12.0. The molecule has 0 spiro atoms. The lowest BCUT2D eigenvalue weighted by atomic mass is 9.90. The monoisotopic (exact) mass is 262 g/mol. The van der Waals surface area contributed by atoms with Gasteiger partial charge in [-0.15, -0.1) is 0 Å². The highest BCUT2D eigenvalue weighted by Crippen LogP contribution is 2.52.